The van der Waals surface area contributed by atoms with Gasteiger partial charge in [-0.2, -0.15) is 5.10 Å². The molecule has 0 spiro atoms. The number of amides is 2. The van der Waals surface area contributed by atoms with Gasteiger partial charge in [-0.05, 0) is 43.0 Å². The first-order chi connectivity index (χ1) is 17.0. The van der Waals surface area contributed by atoms with Crippen LogP contribution in [0.5, 0.6) is 5.75 Å². The molecule has 35 heavy (non-hydrogen) atoms. The number of aryl methyl sites for hydroxylation is 1. The van der Waals surface area contributed by atoms with Crippen molar-refractivity contribution < 1.29 is 14.3 Å². The van der Waals surface area contributed by atoms with Crippen molar-refractivity contribution in [3.05, 3.63) is 53.2 Å². The maximum Gasteiger partial charge on any atom is 0.255 e. The Labute approximate surface area is 206 Å². The van der Waals surface area contributed by atoms with Crippen LogP contribution in [0.25, 0.3) is 11.4 Å². The van der Waals surface area contributed by atoms with Crippen LogP contribution in [-0.4, -0.2) is 51.7 Å². The molecule has 2 aromatic heterocycles. The number of carbonyl (C=O) groups excluding carboxylic acids is 2. The molecule has 0 fully saturated rings. The largest absolute Gasteiger partial charge is 0.497 e. The molecule has 4 rings (SSSR count). The molecule has 1 aromatic carbocycles. The maximum absolute atomic E-state index is 13.3. The Kier molecular flexibility index (Phi) is 7.90. The summed E-state index contributed by atoms with van der Waals surface area (Å²) < 4.78 is 7.28. The van der Waals surface area contributed by atoms with E-state index in [1.165, 1.54) is 0 Å². The molecule has 0 unspecified atom stereocenters. The molecule has 186 valence electrons. The van der Waals surface area contributed by atoms with E-state index in [9.17, 15) is 9.59 Å². The Morgan fingerprint density at radius 1 is 1.14 bits per heavy atom. The summed E-state index contributed by atoms with van der Waals surface area (Å²) in [5.41, 5.74) is 4.39. The summed E-state index contributed by atoms with van der Waals surface area (Å²) in [5.74, 6) is 1.29. The fourth-order valence-electron chi connectivity index (χ4n) is 4.48. The van der Waals surface area contributed by atoms with Crippen LogP contribution in [0.4, 0.5) is 5.82 Å². The number of carbonyl (C=O) groups is 2. The van der Waals surface area contributed by atoms with E-state index >= 15 is 0 Å². The van der Waals surface area contributed by atoms with Gasteiger partial charge in [0.05, 0.1) is 30.5 Å². The second kappa shape index (κ2) is 11.3. The quantitative estimate of drug-likeness (QED) is 0.420. The first-order valence-corrected chi connectivity index (χ1v) is 12.5. The van der Waals surface area contributed by atoms with E-state index in [-0.39, 0.29) is 18.2 Å². The normalized spacial score (nSPS) is 12.1. The topological polar surface area (TPSA) is 92.2 Å². The Morgan fingerprint density at radius 3 is 2.51 bits per heavy atom. The molecule has 0 aliphatic carbocycles. The fraction of sp³-hybridized carbons (Fsp3) is 0.444. The number of hydrogen-bond donors (Lipinski definition) is 2. The van der Waals surface area contributed by atoms with Gasteiger partial charge in [0.15, 0.2) is 5.82 Å². The SMILES string of the molecule is CCCCN(CCCC)C(=O)c1cc2n(c1)CCc1c(NC(=O)Cc3ccc(OC)cc3)n[nH]c1-2. The average molecular weight is 478 g/mol. The first-order valence-electron chi connectivity index (χ1n) is 12.5. The number of aromatic amines is 1. The summed E-state index contributed by atoms with van der Waals surface area (Å²) in [4.78, 5) is 27.9. The molecule has 8 nitrogen and oxygen atoms in total. The fourth-order valence-corrected chi connectivity index (χ4v) is 4.48. The molecule has 2 amide bonds. The van der Waals surface area contributed by atoms with Crippen molar-refractivity contribution in [2.45, 2.75) is 58.9 Å². The van der Waals surface area contributed by atoms with Gasteiger partial charge in [0.25, 0.3) is 5.91 Å². The molecule has 0 saturated heterocycles. The number of unbranched alkanes of at least 4 members (excludes halogenated alkanes) is 2. The second-order valence-corrected chi connectivity index (χ2v) is 9.06. The van der Waals surface area contributed by atoms with Gasteiger partial charge in [0.1, 0.15) is 5.75 Å². The molecular formula is C27H35N5O3. The lowest BCUT2D eigenvalue weighted by atomic mass is 10.1. The van der Waals surface area contributed by atoms with Crippen LogP contribution >= 0.6 is 0 Å². The van der Waals surface area contributed by atoms with Crippen LogP contribution in [0.1, 0.15) is 61.0 Å². The van der Waals surface area contributed by atoms with E-state index in [0.717, 1.165) is 80.0 Å². The summed E-state index contributed by atoms with van der Waals surface area (Å²) in [7, 11) is 1.62. The zero-order valence-corrected chi connectivity index (χ0v) is 20.9. The zero-order valence-electron chi connectivity index (χ0n) is 20.9. The smallest absolute Gasteiger partial charge is 0.255 e. The molecule has 2 N–H and O–H groups in total. The van der Waals surface area contributed by atoms with Gasteiger partial charge < -0.3 is 19.5 Å². The van der Waals surface area contributed by atoms with Gasteiger partial charge in [-0.1, -0.05) is 38.8 Å². The van der Waals surface area contributed by atoms with Crippen LogP contribution in [0.3, 0.4) is 0 Å². The number of benzene rings is 1. The number of nitrogens with one attached hydrogen (secondary N) is 2. The number of hydrogen-bond acceptors (Lipinski definition) is 4. The van der Waals surface area contributed by atoms with Crippen molar-refractivity contribution in [1.29, 1.82) is 0 Å². The van der Waals surface area contributed by atoms with Gasteiger partial charge in [-0.3, -0.25) is 14.7 Å². The van der Waals surface area contributed by atoms with E-state index in [1.54, 1.807) is 7.11 Å². The van der Waals surface area contributed by atoms with Crippen molar-refractivity contribution in [2.75, 3.05) is 25.5 Å². The standard InChI is InChI=1S/C27H35N5O3/c1-4-6-13-31(14-7-5-2)27(34)20-17-23-25-22(12-15-32(23)18-20)26(30-29-25)28-24(33)16-19-8-10-21(35-3)11-9-19/h8-11,17-18H,4-7,12-16H2,1-3H3,(H2,28,29,30,33). The van der Waals surface area contributed by atoms with Crippen molar-refractivity contribution >= 4 is 17.6 Å². The number of aromatic nitrogens is 3. The van der Waals surface area contributed by atoms with Gasteiger partial charge in [0.2, 0.25) is 5.91 Å². The van der Waals surface area contributed by atoms with E-state index in [0.29, 0.717) is 11.4 Å². The predicted octanol–water partition coefficient (Wildman–Crippen LogP) is 4.67. The van der Waals surface area contributed by atoms with Crippen molar-refractivity contribution in [3.63, 3.8) is 0 Å². The number of anilines is 1. The maximum atomic E-state index is 13.3. The third-order valence-corrected chi connectivity index (χ3v) is 6.50. The molecular weight excluding hydrogens is 442 g/mol. The minimum atomic E-state index is -0.122. The second-order valence-electron chi connectivity index (χ2n) is 9.06. The monoisotopic (exact) mass is 477 g/mol. The lowest BCUT2D eigenvalue weighted by Gasteiger charge is -2.21. The Morgan fingerprint density at radius 2 is 1.86 bits per heavy atom. The molecule has 1 aliphatic rings. The minimum absolute atomic E-state index is 0.0860. The Balaban J connectivity index is 1.48. The molecule has 1 aliphatic heterocycles. The average Bonchev–Trinajstić information content (AvgIpc) is 3.48. The van der Waals surface area contributed by atoms with E-state index in [1.807, 2.05) is 41.4 Å². The number of nitrogens with zero attached hydrogens (tertiary/aromatic N) is 3. The Hall–Kier alpha value is -3.55. The molecule has 3 aromatic rings. The summed E-state index contributed by atoms with van der Waals surface area (Å²) in [6, 6.07) is 9.41. The Bertz CT molecular complexity index is 1150. The summed E-state index contributed by atoms with van der Waals surface area (Å²) >= 11 is 0. The molecule has 0 saturated carbocycles. The molecule has 3 heterocycles. The van der Waals surface area contributed by atoms with Gasteiger partial charge in [-0.25, -0.2) is 0 Å². The van der Waals surface area contributed by atoms with Crippen LogP contribution in [0, 0.1) is 0 Å². The summed E-state index contributed by atoms with van der Waals surface area (Å²) in [5, 5.41) is 10.4. The summed E-state index contributed by atoms with van der Waals surface area (Å²) in [6.45, 7) is 6.60. The van der Waals surface area contributed by atoms with Crippen molar-refractivity contribution in [3.8, 4) is 17.1 Å². The van der Waals surface area contributed by atoms with Gasteiger partial charge in [0, 0.05) is 31.4 Å². The molecule has 0 bridgehead atoms. The molecule has 0 radical (unpaired) electrons. The van der Waals surface area contributed by atoms with Crippen molar-refractivity contribution in [2.24, 2.45) is 0 Å². The van der Waals surface area contributed by atoms with Crippen LogP contribution in [0.2, 0.25) is 0 Å². The van der Waals surface area contributed by atoms with Crippen LogP contribution < -0.4 is 10.1 Å². The zero-order chi connectivity index (χ0) is 24.8. The number of fused-ring (bicyclic) bond motifs is 3. The predicted molar refractivity (Wildman–Crippen MR) is 137 cm³/mol. The minimum Gasteiger partial charge on any atom is -0.497 e. The number of rotatable bonds is 11. The van der Waals surface area contributed by atoms with Gasteiger partial charge >= 0.3 is 0 Å². The number of methoxy groups -OCH3 is 1. The van der Waals surface area contributed by atoms with Crippen molar-refractivity contribution in [1.82, 2.24) is 19.7 Å². The number of ether oxygens (including phenoxy) is 1. The first kappa shape index (κ1) is 24.6. The third kappa shape index (κ3) is 5.58. The highest BCUT2D eigenvalue weighted by molar-refractivity contribution is 5.96. The highest BCUT2D eigenvalue weighted by Gasteiger charge is 2.26. The lowest BCUT2D eigenvalue weighted by Crippen LogP contribution is -2.32. The molecule has 8 heteroatoms. The van der Waals surface area contributed by atoms with Crippen LogP contribution in [-0.2, 0) is 24.2 Å². The number of H-pyrrole nitrogens is 1. The van der Waals surface area contributed by atoms with Gasteiger partial charge in [-0.15, -0.1) is 0 Å². The molecule has 0 atom stereocenters. The van der Waals surface area contributed by atoms with E-state index in [2.05, 4.69) is 33.9 Å². The van der Waals surface area contributed by atoms with E-state index in [4.69, 9.17) is 4.74 Å². The highest BCUT2D eigenvalue weighted by Crippen LogP contribution is 2.33. The summed E-state index contributed by atoms with van der Waals surface area (Å²) in [6.07, 6.45) is 7.08. The lowest BCUT2D eigenvalue weighted by molar-refractivity contribution is -0.115. The highest BCUT2D eigenvalue weighted by atomic mass is 16.5. The third-order valence-electron chi connectivity index (χ3n) is 6.50. The van der Waals surface area contributed by atoms with E-state index < -0.39 is 0 Å². The van der Waals surface area contributed by atoms with Crippen LogP contribution in [0.15, 0.2) is 36.5 Å².